The highest BCUT2D eigenvalue weighted by molar-refractivity contribution is 9.10. The fraction of sp³-hybridized carbons (Fsp3) is 0.400. The van der Waals surface area contributed by atoms with Crippen LogP contribution in [0.15, 0.2) is 28.7 Å². The van der Waals surface area contributed by atoms with Crippen LogP contribution in [0.1, 0.15) is 25.5 Å². The predicted octanol–water partition coefficient (Wildman–Crippen LogP) is 2.76. The SMILES string of the molecule is CC#CC(=O)N1CCO[C@H](c2ccc(Br)cc2)[C@@H]1C. The highest BCUT2D eigenvalue weighted by Crippen LogP contribution is 2.29. The minimum absolute atomic E-state index is 0.0109. The number of benzene rings is 1. The van der Waals surface area contributed by atoms with Crippen molar-refractivity contribution in [2.45, 2.75) is 26.0 Å². The van der Waals surface area contributed by atoms with Gasteiger partial charge in [0.1, 0.15) is 6.10 Å². The van der Waals surface area contributed by atoms with Crippen molar-refractivity contribution in [3.05, 3.63) is 34.3 Å². The van der Waals surface area contributed by atoms with E-state index in [4.69, 9.17) is 4.74 Å². The van der Waals surface area contributed by atoms with Gasteiger partial charge in [-0.15, -0.1) is 0 Å². The minimum atomic E-state index is -0.125. The summed E-state index contributed by atoms with van der Waals surface area (Å²) in [5.41, 5.74) is 1.08. The van der Waals surface area contributed by atoms with Crippen LogP contribution in [0.3, 0.4) is 0 Å². The molecular formula is C15H16BrNO2. The number of nitrogens with zero attached hydrogens (tertiary/aromatic N) is 1. The molecule has 1 amide bonds. The van der Waals surface area contributed by atoms with Crippen molar-refractivity contribution in [2.24, 2.45) is 0 Å². The minimum Gasteiger partial charge on any atom is -0.370 e. The van der Waals surface area contributed by atoms with Gasteiger partial charge < -0.3 is 9.64 Å². The number of carbonyl (C=O) groups excluding carboxylic acids is 1. The van der Waals surface area contributed by atoms with Gasteiger partial charge in [-0.3, -0.25) is 4.79 Å². The second-order valence-electron chi connectivity index (χ2n) is 4.46. The van der Waals surface area contributed by atoms with Crippen molar-refractivity contribution in [1.29, 1.82) is 0 Å². The fourth-order valence-corrected chi connectivity index (χ4v) is 2.54. The zero-order valence-corrected chi connectivity index (χ0v) is 12.6. The van der Waals surface area contributed by atoms with E-state index in [0.29, 0.717) is 13.2 Å². The molecule has 1 heterocycles. The third kappa shape index (κ3) is 3.17. The van der Waals surface area contributed by atoms with E-state index in [1.807, 2.05) is 31.2 Å². The highest BCUT2D eigenvalue weighted by atomic mass is 79.9. The molecule has 4 heteroatoms. The van der Waals surface area contributed by atoms with Crippen molar-refractivity contribution >= 4 is 21.8 Å². The quantitative estimate of drug-likeness (QED) is 0.744. The van der Waals surface area contributed by atoms with Crippen LogP contribution in [0.25, 0.3) is 0 Å². The summed E-state index contributed by atoms with van der Waals surface area (Å²) in [4.78, 5) is 13.7. The van der Waals surface area contributed by atoms with Crippen molar-refractivity contribution < 1.29 is 9.53 Å². The summed E-state index contributed by atoms with van der Waals surface area (Å²) in [5, 5.41) is 0. The Morgan fingerprint density at radius 3 is 2.74 bits per heavy atom. The van der Waals surface area contributed by atoms with E-state index in [9.17, 15) is 4.79 Å². The van der Waals surface area contributed by atoms with E-state index in [1.165, 1.54) is 0 Å². The molecular weight excluding hydrogens is 306 g/mol. The maximum absolute atomic E-state index is 11.9. The fourth-order valence-electron chi connectivity index (χ4n) is 2.28. The zero-order chi connectivity index (χ0) is 13.8. The van der Waals surface area contributed by atoms with Gasteiger partial charge in [0.15, 0.2) is 0 Å². The topological polar surface area (TPSA) is 29.5 Å². The molecule has 0 aromatic heterocycles. The number of rotatable bonds is 1. The van der Waals surface area contributed by atoms with Gasteiger partial charge in [-0.1, -0.05) is 34.0 Å². The Labute approximate surface area is 122 Å². The number of hydrogen-bond acceptors (Lipinski definition) is 2. The molecule has 0 radical (unpaired) electrons. The number of morpholine rings is 1. The molecule has 100 valence electrons. The standard InChI is InChI=1S/C15H16BrNO2/c1-3-4-14(18)17-9-10-19-15(11(17)2)12-5-7-13(16)8-6-12/h5-8,11,15H,9-10H2,1-2H3/t11-,15-/m0/s1. The van der Waals surface area contributed by atoms with Crippen LogP contribution >= 0.6 is 15.9 Å². The van der Waals surface area contributed by atoms with Crippen LogP contribution in [0.2, 0.25) is 0 Å². The molecule has 1 aromatic rings. The summed E-state index contributed by atoms with van der Waals surface area (Å²) in [6, 6.07) is 7.99. The second kappa shape index (κ2) is 6.23. The van der Waals surface area contributed by atoms with Gasteiger partial charge in [0, 0.05) is 11.0 Å². The Bertz CT molecular complexity index is 515. The molecule has 1 aliphatic heterocycles. The maximum Gasteiger partial charge on any atom is 0.298 e. The lowest BCUT2D eigenvalue weighted by molar-refractivity contribution is -0.139. The number of halogens is 1. The zero-order valence-electron chi connectivity index (χ0n) is 11.0. The molecule has 0 spiro atoms. The molecule has 1 aromatic carbocycles. The molecule has 0 saturated carbocycles. The third-order valence-corrected chi connectivity index (χ3v) is 3.78. The molecule has 2 rings (SSSR count). The van der Waals surface area contributed by atoms with E-state index in [-0.39, 0.29) is 18.1 Å². The van der Waals surface area contributed by atoms with Crippen LogP contribution in [-0.4, -0.2) is 30.0 Å². The molecule has 1 aliphatic rings. The molecule has 0 N–H and O–H groups in total. The third-order valence-electron chi connectivity index (χ3n) is 3.25. The summed E-state index contributed by atoms with van der Waals surface area (Å²) in [6.45, 7) is 4.82. The van der Waals surface area contributed by atoms with Gasteiger partial charge in [0.25, 0.3) is 5.91 Å². The first-order chi connectivity index (χ1) is 9.13. The van der Waals surface area contributed by atoms with E-state index in [0.717, 1.165) is 10.0 Å². The summed E-state index contributed by atoms with van der Waals surface area (Å²) < 4.78 is 6.85. The van der Waals surface area contributed by atoms with Crippen molar-refractivity contribution in [2.75, 3.05) is 13.2 Å². The highest BCUT2D eigenvalue weighted by Gasteiger charge is 2.32. The normalized spacial score (nSPS) is 22.6. The lowest BCUT2D eigenvalue weighted by Gasteiger charge is -2.38. The first-order valence-electron chi connectivity index (χ1n) is 6.24. The lowest BCUT2D eigenvalue weighted by Crippen LogP contribution is -2.48. The molecule has 19 heavy (non-hydrogen) atoms. The Morgan fingerprint density at radius 2 is 2.11 bits per heavy atom. The Balaban J connectivity index is 2.19. The molecule has 1 saturated heterocycles. The van der Waals surface area contributed by atoms with E-state index >= 15 is 0 Å². The van der Waals surface area contributed by atoms with Crippen LogP contribution in [-0.2, 0) is 9.53 Å². The average molecular weight is 322 g/mol. The summed E-state index contributed by atoms with van der Waals surface area (Å²) in [7, 11) is 0. The maximum atomic E-state index is 11.9. The Hall–Kier alpha value is -1.31. The van der Waals surface area contributed by atoms with E-state index in [2.05, 4.69) is 27.8 Å². The van der Waals surface area contributed by atoms with Crippen LogP contribution in [0.5, 0.6) is 0 Å². The molecule has 0 bridgehead atoms. The van der Waals surface area contributed by atoms with Gasteiger partial charge in [-0.2, -0.15) is 0 Å². The molecule has 0 unspecified atom stereocenters. The summed E-state index contributed by atoms with van der Waals surface area (Å²) in [5.74, 6) is 5.14. The van der Waals surface area contributed by atoms with Crippen LogP contribution < -0.4 is 0 Å². The van der Waals surface area contributed by atoms with Gasteiger partial charge in [0.05, 0.1) is 12.6 Å². The monoisotopic (exact) mass is 321 g/mol. The first-order valence-corrected chi connectivity index (χ1v) is 7.03. The number of ether oxygens (including phenoxy) is 1. The first kappa shape index (κ1) is 14.1. The van der Waals surface area contributed by atoms with Crippen molar-refractivity contribution in [1.82, 2.24) is 4.90 Å². The summed E-state index contributed by atoms with van der Waals surface area (Å²) in [6.07, 6.45) is -0.0931. The van der Waals surface area contributed by atoms with Crippen LogP contribution in [0.4, 0.5) is 0 Å². The largest absolute Gasteiger partial charge is 0.370 e. The molecule has 0 aliphatic carbocycles. The van der Waals surface area contributed by atoms with Crippen molar-refractivity contribution in [3.63, 3.8) is 0 Å². The van der Waals surface area contributed by atoms with Gasteiger partial charge >= 0.3 is 0 Å². The van der Waals surface area contributed by atoms with Gasteiger partial charge in [-0.05, 0) is 37.5 Å². The van der Waals surface area contributed by atoms with Crippen LogP contribution in [0, 0.1) is 11.8 Å². The molecule has 1 fully saturated rings. The van der Waals surface area contributed by atoms with E-state index in [1.54, 1.807) is 11.8 Å². The molecule has 2 atom stereocenters. The predicted molar refractivity (Wildman–Crippen MR) is 77.5 cm³/mol. The second-order valence-corrected chi connectivity index (χ2v) is 5.37. The number of amides is 1. The Kier molecular flexibility index (Phi) is 4.62. The summed E-state index contributed by atoms with van der Waals surface area (Å²) >= 11 is 3.42. The van der Waals surface area contributed by atoms with Crippen molar-refractivity contribution in [3.8, 4) is 11.8 Å². The van der Waals surface area contributed by atoms with Gasteiger partial charge in [0.2, 0.25) is 0 Å². The number of carbonyl (C=O) groups is 1. The average Bonchev–Trinajstić information content (AvgIpc) is 2.40. The lowest BCUT2D eigenvalue weighted by atomic mass is 10.0. The van der Waals surface area contributed by atoms with E-state index < -0.39 is 0 Å². The molecule has 3 nitrogen and oxygen atoms in total. The van der Waals surface area contributed by atoms with Gasteiger partial charge in [-0.25, -0.2) is 0 Å². The smallest absolute Gasteiger partial charge is 0.298 e. The number of hydrogen-bond donors (Lipinski definition) is 0. The Morgan fingerprint density at radius 1 is 1.42 bits per heavy atom.